The molecule has 0 N–H and O–H groups in total. The first-order chi connectivity index (χ1) is 8.86. The molecule has 0 bridgehead atoms. The van der Waals surface area contributed by atoms with Crippen LogP contribution in [0, 0.1) is 0 Å². The number of rotatable bonds is 5. The molecule has 18 heavy (non-hydrogen) atoms. The molecule has 2 heterocycles. The smallest absolute Gasteiger partial charge is 0.222 e. The summed E-state index contributed by atoms with van der Waals surface area (Å²) in [5.74, 6) is 0.935. The van der Waals surface area contributed by atoms with Crippen LogP contribution in [0.5, 0.6) is 5.75 Å². The van der Waals surface area contributed by atoms with Gasteiger partial charge in [0.1, 0.15) is 5.75 Å². The van der Waals surface area contributed by atoms with Crippen LogP contribution in [-0.2, 0) is 9.53 Å². The molecular weight excluding hydrogens is 232 g/mol. The molecule has 0 aromatic carbocycles. The number of hydrogen-bond donors (Lipinski definition) is 0. The van der Waals surface area contributed by atoms with Gasteiger partial charge in [0.15, 0.2) is 0 Å². The predicted octanol–water partition coefficient (Wildman–Crippen LogP) is 1.10. The molecule has 0 atom stereocenters. The monoisotopic (exact) mass is 250 g/mol. The highest BCUT2D eigenvalue weighted by Gasteiger charge is 2.15. The van der Waals surface area contributed by atoms with Crippen molar-refractivity contribution in [1.29, 1.82) is 0 Å². The third kappa shape index (κ3) is 4.00. The summed E-state index contributed by atoms with van der Waals surface area (Å²) >= 11 is 0. The Labute approximate surface area is 107 Å². The largest absolute Gasteiger partial charge is 0.492 e. The molecule has 1 amide bonds. The second-order valence-electron chi connectivity index (χ2n) is 4.13. The van der Waals surface area contributed by atoms with Gasteiger partial charge in [0.05, 0.1) is 26.0 Å². The van der Waals surface area contributed by atoms with Crippen molar-refractivity contribution in [3.8, 4) is 5.75 Å². The van der Waals surface area contributed by atoms with Crippen molar-refractivity contribution in [2.75, 3.05) is 32.9 Å². The average Bonchev–Trinajstić information content (AvgIpc) is 2.45. The number of morpholine rings is 1. The number of aromatic nitrogens is 1. The molecule has 0 radical (unpaired) electrons. The zero-order valence-corrected chi connectivity index (χ0v) is 10.4. The summed E-state index contributed by atoms with van der Waals surface area (Å²) in [7, 11) is 0. The van der Waals surface area contributed by atoms with E-state index in [1.54, 1.807) is 12.4 Å². The molecule has 2 rings (SSSR count). The fraction of sp³-hybridized carbons (Fsp3) is 0.538. The van der Waals surface area contributed by atoms with Gasteiger partial charge in [-0.3, -0.25) is 9.78 Å². The van der Waals surface area contributed by atoms with Crippen LogP contribution in [-0.4, -0.2) is 48.7 Å². The van der Waals surface area contributed by atoms with Crippen molar-refractivity contribution in [3.63, 3.8) is 0 Å². The number of amides is 1. The molecule has 0 saturated carbocycles. The maximum atomic E-state index is 11.8. The molecule has 1 aromatic rings. The van der Waals surface area contributed by atoms with E-state index in [2.05, 4.69) is 4.98 Å². The molecule has 1 aromatic heterocycles. The van der Waals surface area contributed by atoms with Crippen LogP contribution in [0.2, 0.25) is 0 Å². The van der Waals surface area contributed by atoms with E-state index in [1.165, 1.54) is 0 Å². The van der Waals surface area contributed by atoms with Gasteiger partial charge in [-0.1, -0.05) is 0 Å². The minimum Gasteiger partial charge on any atom is -0.492 e. The van der Waals surface area contributed by atoms with E-state index in [9.17, 15) is 4.79 Å². The van der Waals surface area contributed by atoms with E-state index < -0.39 is 0 Å². The van der Waals surface area contributed by atoms with Gasteiger partial charge in [-0.2, -0.15) is 0 Å². The van der Waals surface area contributed by atoms with Gasteiger partial charge < -0.3 is 14.4 Å². The van der Waals surface area contributed by atoms with Crippen molar-refractivity contribution in [1.82, 2.24) is 9.88 Å². The van der Waals surface area contributed by atoms with Gasteiger partial charge in [0.2, 0.25) is 5.91 Å². The van der Waals surface area contributed by atoms with Crippen LogP contribution in [0.25, 0.3) is 0 Å². The summed E-state index contributed by atoms with van der Waals surface area (Å²) in [5.41, 5.74) is 0. The number of nitrogens with zero attached hydrogens (tertiary/aromatic N) is 2. The second kappa shape index (κ2) is 6.96. The zero-order chi connectivity index (χ0) is 12.6. The second-order valence-corrected chi connectivity index (χ2v) is 4.13. The van der Waals surface area contributed by atoms with E-state index in [0.717, 1.165) is 12.2 Å². The number of pyridine rings is 1. The fourth-order valence-electron chi connectivity index (χ4n) is 1.82. The molecule has 1 aliphatic rings. The maximum Gasteiger partial charge on any atom is 0.222 e. The first kappa shape index (κ1) is 12.8. The van der Waals surface area contributed by atoms with Crippen molar-refractivity contribution in [2.45, 2.75) is 12.8 Å². The van der Waals surface area contributed by atoms with Gasteiger partial charge in [0.25, 0.3) is 0 Å². The lowest BCUT2D eigenvalue weighted by atomic mass is 10.2. The van der Waals surface area contributed by atoms with E-state index in [-0.39, 0.29) is 5.91 Å². The number of carbonyl (C=O) groups excluding carboxylic acids is 1. The molecule has 0 aliphatic carbocycles. The van der Waals surface area contributed by atoms with E-state index >= 15 is 0 Å². The lowest BCUT2D eigenvalue weighted by molar-refractivity contribution is -0.135. The van der Waals surface area contributed by atoms with E-state index in [1.807, 2.05) is 17.0 Å². The third-order valence-electron chi connectivity index (χ3n) is 2.80. The Hall–Kier alpha value is -1.62. The normalized spacial score (nSPS) is 15.4. The van der Waals surface area contributed by atoms with Crippen molar-refractivity contribution < 1.29 is 14.3 Å². The van der Waals surface area contributed by atoms with Crippen molar-refractivity contribution >= 4 is 5.91 Å². The minimum absolute atomic E-state index is 0.188. The van der Waals surface area contributed by atoms with Crippen LogP contribution >= 0.6 is 0 Å². The number of hydrogen-bond acceptors (Lipinski definition) is 4. The molecule has 1 fully saturated rings. The molecule has 98 valence electrons. The molecule has 5 nitrogen and oxygen atoms in total. The molecular formula is C13H18N2O3. The Morgan fingerprint density at radius 3 is 3.00 bits per heavy atom. The Bertz CT molecular complexity index is 364. The summed E-state index contributed by atoms with van der Waals surface area (Å²) in [5, 5.41) is 0. The predicted molar refractivity (Wildman–Crippen MR) is 66.4 cm³/mol. The summed E-state index contributed by atoms with van der Waals surface area (Å²) in [6.07, 6.45) is 4.63. The van der Waals surface area contributed by atoms with Gasteiger partial charge in [0, 0.05) is 25.7 Å². The Morgan fingerprint density at radius 1 is 1.44 bits per heavy atom. The Kier molecular flexibility index (Phi) is 4.96. The van der Waals surface area contributed by atoms with Gasteiger partial charge >= 0.3 is 0 Å². The van der Waals surface area contributed by atoms with Crippen LogP contribution in [0.4, 0.5) is 0 Å². The quantitative estimate of drug-likeness (QED) is 0.734. The molecule has 1 saturated heterocycles. The summed E-state index contributed by atoms with van der Waals surface area (Å²) in [6, 6.07) is 3.69. The number of ether oxygens (including phenoxy) is 2. The van der Waals surface area contributed by atoms with Gasteiger partial charge in [-0.25, -0.2) is 0 Å². The average molecular weight is 250 g/mol. The highest BCUT2D eigenvalue weighted by molar-refractivity contribution is 5.76. The van der Waals surface area contributed by atoms with Crippen LogP contribution in [0.15, 0.2) is 24.5 Å². The first-order valence-corrected chi connectivity index (χ1v) is 6.24. The lowest BCUT2D eigenvalue weighted by Crippen LogP contribution is -2.40. The summed E-state index contributed by atoms with van der Waals surface area (Å²) in [6.45, 7) is 3.27. The molecule has 0 unspecified atom stereocenters. The Balaban J connectivity index is 1.61. The minimum atomic E-state index is 0.188. The Morgan fingerprint density at radius 2 is 2.28 bits per heavy atom. The van der Waals surface area contributed by atoms with Crippen LogP contribution in [0.3, 0.4) is 0 Å². The summed E-state index contributed by atoms with van der Waals surface area (Å²) < 4.78 is 10.7. The lowest BCUT2D eigenvalue weighted by Gasteiger charge is -2.26. The third-order valence-corrected chi connectivity index (χ3v) is 2.80. The van der Waals surface area contributed by atoms with Crippen LogP contribution in [0.1, 0.15) is 12.8 Å². The molecule has 1 aliphatic heterocycles. The van der Waals surface area contributed by atoms with Gasteiger partial charge in [-0.15, -0.1) is 0 Å². The standard InChI is InChI=1S/C13H18N2O3/c16-13(15-6-9-17-10-7-15)4-2-8-18-12-3-1-5-14-11-12/h1,3,5,11H,2,4,6-10H2. The topological polar surface area (TPSA) is 51.7 Å². The van der Waals surface area contributed by atoms with Crippen molar-refractivity contribution in [2.24, 2.45) is 0 Å². The number of carbonyl (C=O) groups is 1. The van der Waals surface area contributed by atoms with Crippen LogP contribution < -0.4 is 4.74 Å². The highest BCUT2D eigenvalue weighted by Crippen LogP contribution is 2.08. The first-order valence-electron chi connectivity index (χ1n) is 6.24. The van der Waals surface area contributed by atoms with Crippen molar-refractivity contribution in [3.05, 3.63) is 24.5 Å². The van der Waals surface area contributed by atoms with E-state index in [4.69, 9.17) is 9.47 Å². The fourth-order valence-corrected chi connectivity index (χ4v) is 1.82. The maximum absolute atomic E-state index is 11.8. The zero-order valence-electron chi connectivity index (χ0n) is 10.4. The van der Waals surface area contributed by atoms with E-state index in [0.29, 0.717) is 39.3 Å². The SMILES string of the molecule is O=C(CCCOc1cccnc1)N1CCOCC1. The molecule has 0 spiro atoms. The molecule has 5 heteroatoms. The highest BCUT2D eigenvalue weighted by atomic mass is 16.5. The van der Waals surface area contributed by atoms with Gasteiger partial charge in [-0.05, 0) is 18.6 Å². The summed E-state index contributed by atoms with van der Waals surface area (Å²) in [4.78, 5) is 17.6.